The van der Waals surface area contributed by atoms with Crippen LogP contribution in [0.25, 0.3) is 0 Å². The third-order valence-corrected chi connectivity index (χ3v) is 2.83. The lowest BCUT2D eigenvalue weighted by atomic mass is 10.0. The summed E-state index contributed by atoms with van der Waals surface area (Å²) in [6.07, 6.45) is 2.32. The summed E-state index contributed by atoms with van der Waals surface area (Å²) in [5.74, 6) is 0. The van der Waals surface area contributed by atoms with Crippen molar-refractivity contribution >= 4 is 0 Å². The molecule has 1 heterocycles. The van der Waals surface area contributed by atoms with Crippen LogP contribution in [0.3, 0.4) is 0 Å². The van der Waals surface area contributed by atoms with E-state index in [1.165, 1.54) is 0 Å². The standard InChI is InChI=1S/C15H23FO4/c1-4-7-17-11-13-15(19-9-6-3)12(18-8-5-2)10-14(16)20-13/h4-6,12-15H,1-3,7-11H2/t12-,13-,14+,15+/m1/s1. The van der Waals surface area contributed by atoms with E-state index in [9.17, 15) is 4.39 Å². The Morgan fingerprint density at radius 1 is 1.05 bits per heavy atom. The molecule has 0 bridgehead atoms. The second-order valence-corrected chi connectivity index (χ2v) is 4.39. The average molecular weight is 286 g/mol. The van der Waals surface area contributed by atoms with Gasteiger partial charge in [0.25, 0.3) is 0 Å². The number of hydrogen-bond donors (Lipinski definition) is 0. The van der Waals surface area contributed by atoms with Crippen molar-refractivity contribution in [1.29, 1.82) is 0 Å². The number of halogens is 1. The third kappa shape index (κ3) is 5.54. The van der Waals surface area contributed by atoms with Crippen LogP contribution in [0.4, 0.5) is 4.39 Å². The van der Waals surface area contributed by atoms with Crippen LogP contribution in [0, 0.1) is 0 Å². The third-order valence-electron chi connectivity index (χ3n) is 2.83. The van der Waals surface area contributed by atoms with Crippen molar-refractivity contribution in [2.24, 2.45) is 0 Å². The van der Waals surface area contributed by atoms with Crippen molar-refractivity contribution in [3.05, 3.63) is 38.0 Å². The van der Waals surface area contributed by atoms with Gasteiger partial charge >= 0.3 is 0 Å². The molecule has 0 unspecified atom stereocenters. The highest BCUT2D eigenvalue weighted by molar-refractivity contribution is 4.87. The van der Waals surface area contributed by atoms with E-state index >= 15 is 0 Å². The lowest BCUT2D eigenvalue weighted by molar-refractivity contribution is -0.235. The summed E-state index contributed by atoms with van der Waals surface area (Å²) in [5, 5.41) is 0. The first kappa shape index (κ1) is 17.0. The molecule has 0 radical (unpaired) electrons. The van der Waals surface area contributed by atoms with Gasteiger partial charge in [-0.2, -0.15) is 0 Å². The Morgan fingerprint density at radius 3 is 2.35 bits per heavy atom. The zero-order valence-electron chi connectivity index (χ0n) is 11.7. The molecule has 0 amide bonds. The quantitative estimate of drug-likeness (QED) is 0.456. The number of alkyl halides is 1. The molecule has 1 aliphatic heterocycles. The molecular formula is C15H23FO4. The molecular weight excluding hydrogens is 263 g/mol. The number of hydrogen-bond acceptors (Lipinski definition) is 4. The highest BCUT2D eigenvalue weighted by Crippen LogP contribution is 2.26. The Hall–Kier alpha value is -1.01. The van der Waals surface area contributed by atoms with E-state index in [0.29, 0.717) is 19.8 Å². The largest absolute Gasteiger partial charge is 0.375 e. The van der Waals surface area contributed by atoms with E-state index in [-0.39, 0.29) is 13.0 Å². The lowest BCUT2D eigenvalue weighted by Crippen LogP contribution is -2.51. The first-order valence-electron chi connectivity index (χ1n) is 6.66. The van der Waals surface area contributed by atoms with Crippen LogP contribution in [0.15, 0.2) is 38.0 Å². The number of ether oxygens (including phenoxy) is 4. The highest BCUT2D eigenvalue weighted by Gasteiger charge is 2.40. The van der Waals surface area contributed by atoms with Crippen molar-refractivity contribution in [3.8, 4) is 0 Å². The molecule has 0 aromatic rings. The van der Waals surface area contributed by atoms with E-state index in [1.54, 1.807) is 18.2 Å². The van der Waals surface area contributed by atoms with E-state index in [1.807, 2.05) is 0 Å². The maximum absolute atomic E-state index is 13.6. The molecule has 20 heavy (non-hydrogen) atoms. The minimum Gasteiger partial charge on any atom is -0.375 e. The number of rotatable bonds is 10. The van der Waals surface area contributed by atoms with Gasteiger partial charge in [-0.15, -0.1) is 19.7 Å². The molecule has 0 spiro atoms. The molecule has 1 rings (SSSR count). The normalized spacial score (nSPS) is 29.9. The first-order valence-corrected chi connectivity index (χ1v) is 6.66. The monoisotopic (exact) mass is 286 g/mol. The molecule has 1 saturated heterocycles. The van der Waals surface area contributed by atoms with E-state index < -0.39 is 24.7 Å². The highest BCUT2D eigenvalue weighted by atomic mass is 19.1. The van der Waals surface area contributed by atoms with Crippen LogP contribution >= 0.6 is 0 Å². The Bertz CT molecular complexity index is 308. The van der Waals surface area contributed by atoms with Gasteiger partial charge in [0.2, 0.25) is 6.36 Å². The second-order valence-electron chi connectivity index (χ2n) is 4.39. The Labute approximate surface area is 119 Å². The van der Waals surface area contributed by atoms with E-state index in [2.05, 4.69) is 19.7 Å². The van der Waals surface area contributed by atoms with Crippen LogP contribution in [0.5, 0.6) is 0 Å². The molecule has 4 atom stereocenters. The zero-order valence-corrected chi connectivity index (χ0v) is 11.7. The zero-order chi connectivity index (χ0) is 14.8. The van der Waals surface area contributed by atoms with Gasteiger partial charge in [-0.05, 0) is 0 Å². The summed E-state index contributed by atoms with van der Waals surface area (Å²) in [6.45, 7) is 12.0. The minimum atomic E-state index is -1.38. The summed E-state index contributed by atoms with van der Waals surface area (Å²) in [6, 6.07) is 0. The Morgan fingerprint density at radius 2 is 1.70 bits per heavy atom. The molecule has 1 fully saturated rings. The van der Waals surface area contributed by atoms with Crippen LogP contribution in [-0.2, 0) is 18.9 Å². The minimum absolute atomic E-state index is 0.133. The Kier molecular flexibility index (Phi) is 8.37. The van der Waals surface area contributed by atoms with Gasteiger partial charge in [-0.1, -0.05) is 18.2 Å². The molecule has 5 heteroatoms. The van der Waals surface area contributed by atoms with Crippen molar-refractivity contribution in [1.82, 2.24) is 0 Å². The second kappa shape index (κ2) is 9.83. The average Bonchev–Trinajstić information content (AvgIpc) is 2.44. The predicted molar refractivity (Wildman–Crippen MR) is 75.3 cm³/mol. The molecule has 0 aromatic heterocycles. The van der Waals surface area contributed by atoms with Gasteiger partial charge in [0.05, 0.1) is 32.5 Å². The van der Waals surface area contributed by atoms with Crippen LogP contribution in [-0.4, -0.2) is 51.1 Å². The fourth-order valence-corrected chi connectivity index (χ4v) is 2.03. The maximum atomic E-state index is 13.6. The summed E-state index contributed by atoms with van der Waals surface area (Å²) in [4.78, 5) is 0. The summed E-state index contributed by atoms with van der Waals surface area (Å²) in [5.41, 5.74) is 0. The fraction of sp³-hybridized carbons (Fsp3) is 0.600. The van der Waals surface area contributed by atoms with Crippen molar-refractivity contribution < 1.29 is 23.3 Å². The van der Waals surface area contributed by atoms with Gasteiger partial charge in [0.1, 0.15) is 12.2 Å². The molecule has 114 valence electrons. The predicted octanol–water partition coefficient (Wildman–Crippen LogP) is 2.42. The van der Waals surface area contributed by atoms with Crippen LogP contribution < -0.4 is 0 Å². The summed E-state index contributed by atoms with van der Waals surface area (Å²) >= 11 is 0. The summed E-state index contributed by atoms with van der Waals surface area (Å²) < 4.78 is 35.5. The fourth-order valence-electron chi connectivity index (χ4n) is 2.03. The van der Waals surface area contributed by atoms with Crippen LogP contribution in [0.2, 0.25) is 0 Å². The lowest BCUT2D eigenvalue weighted by Gasteiger charge is -2.38. The van der Waals surface area contributed by atoms with Crippen molar-refractivity contribution in [2.75, 3.05) is 26.4 Å². The van der Waals surface area contributed by atoms with Gasteiger partial charge in [-0.3, -0.25) is 0 Å². The van der Waals surface area contributed by atoms with Crippen molar-refractivity contribution in [3.63, 3.8) is 0 Å². The molecule has 0 aliphatic carbocycles. The molecule has 1 aliphatic rings. The topological polar surface area (TPSA) is 36.9 Å². The van der Waals surface area contributed by atoms with E-state index in [4.69, 9.17) is 18.9 Å². The summed E-state index contributed by atoms with van der Waals surface area (Å²) in [7, 11) is 0. The molecule has 0 aromatic carbocycles. The SMILES string of the molecule is C=CCOC[C@H]1O[C@H](F)C[C@@H](OCC=C)[C@@H]1OCC=C. The maximum Gasteiger partial charge on any atom is 0.201 e. The van der Waals surface area contributed by atoms with Gasteiger partial charge in [0, 0.05) is 6.42 Å². The molecule has 0 saturated carbocycles. The van der Waals surface area contributed by atoms with Crippen LogP contribution in [0.1, 0.15) is 6.42 Å². The smallest absolute Gasteiger partial charge is 0.201 e. The first-order chi connectivity index (χ1) is 9.72. The Balaban J connectivity index is 2.65. The molecule has 4 nitrogen and oxygen atoms in total. The van der Waals surface area contributed by atoms with Crippen molar-refractivity contribution in [2.45, 2.75) is 31.1 Å². The van der Waals surface area contributed by atoms with Gasteiger partial charge in [0.15, 0.2) is 0 Å². The van der Waals surface area contributed by atoms with E-state index in [0.717, 1.165) is 0 Å². The van der Waals surface area contributed by atoms with Gasteiger partial charge in [-0.25, -0.2) is 4.39 Å². The molecule has 0 N–H and O–H groups in total. The van der Waals surface area contributed by atoms with Gasteiger partial charge < -0.3 is 18.9 Å².